The first-order chi connectivity index (χ1) is 16.3. The molecule has 0 aliphatic carbocycles. The van der Waals surface area contributed by atoms with E-state index in [1.807, 2.05) is 0 Å². The van der Waals surface area contributed by atoms with E-state index in [9.17, 15) is 22.4 Å². The molecule has 0 bridgehead atoms. The Morgan fingerprint density at radius 1 is 1.09 bits per heavy atom. The van der Waals surface area contributed by atoms with Gasteiger partial charge in [0.2, 0.25) is 0 Å². The van der Waals surface area contributed by atoms with Crippen LogP contribution < -0.4 is 0 Å². The van der Waals surface area contributed by atoms with E-state index in [1.165, 1.54) is 30.6 Å². The summed E-state index contributed by atoms with van der Waals surface area (Å²) in [7, 11) is 0. The van der Waals surface area contributed by atoms with Gasteiger partial charge in [0.1, 0.15) is 5.82 Å². The summed E-state index contributed by atoms with van der Waals surface area (Å²) in [6, 6.07) is 8.19. The van der Waals surface area contributed by atoms with Crippen molar-refractivity contribution in [2.45, 2.75) is 44.8 Å². The highest BCUT2D eigenvalue weighted by molar-refractivity contribution is 6.00. The van der Waals surface area contributed by atoms with Crippen LogP contribution >= 0.6 is 0 Å². The molecule has 0 saturated carbocycles. The van der Waals surface area contributed by atoms with E-state index < -0.39 is 17.6 Å². The zero-order valence-electron chi connectivity index (χ0n) is 18.6. The van der Waals surface area contributed by atoms with Crippen LogP contribution in [0.1, 0.15) is 47.8 Å². The summed E-state index contributed by atoms with van der Waals surface area (Å²) < 4.78 is 53.2. The molecule has 3 heterocycles. The predicted octanol–water partition coefficient (Wildman–Crippen LogP) is 5.57. The molecule has 34 heavy (non-hydrogen) atoms. The van der Waals surface area contributed by atoms with Crippen molar-refractivity contribution < 1.29 is 22.4 Å². The molecule has 178 valence electrons. The van der Waals surface area contributed by atoms with Crippen molar-refractivity contribution in [1.29, 1.82) is 0 Å². The van der Waals surface area contributed by atoms with Gasteiger partial charge in [-0.15, -0.1) is 0 Å². The van der Waals surface area contributed by atoms with E-state index in [4.69, 9.17) is 0 Å². The number of alkyl halides is 3. The van der Waals surface area contributed by atoms with Gasteiger partial charge in [-0.3, -0.25) is 9.78 Å². The second kappa shape index (κ2) is 9.87. The lowest BCUT2D eigenvalue weighted by atomic mass is 9.86. The molecule has 9 heteroatoms. The van der Waals surface area contributed by atoms with Crippen molar-refractivity contribution in [3.05, 3.63) is 77.6 Å². The summed E-state index contributed by atoms with van der Waals surface area (Å²) in [4.78, 5) is 27.6. The second-order valence-electron chi connectivity index (χ2n) is 8.49. The van der Waals surface area contributed by atoms with Crippen molar-refractivity contribution in [2.75, 3.05) is 6.54 Å². The molecule has 0 unspecified atom stereocenters. The third kappa shape index (κ3) is 5.08. The summed E-state index contributed by atoms with van der Waals surface area (Å²) in [5, 5.41) is 0. The van der Waals surface area contributed by atoms with Gasteiger partial charge in [-0.25, -0.2) is 14.4 Å². The molecule has 1 saturated heterocycles. The van der Waals surface area contributed by atoms with E-state index >= 15 is 0 Å². The number of rotatable bonds is 5. The first kappa shape index (κ1) is 23.8. The number of likely N-dealkylation sites (tertiary alicyclic amines) is 1. The quantitative estimate of drug-likeness (QED) is 0.456. The smallest absolute Gasteiger partial charge is 0.335 e. The number of carbonyl (C=O) groups is 1. The van der Waals surface area contributed by atoms with Crippen LogP contribution in [0.5, 0.6) is 0 Å². The fourth-order valence-corrected chi connectivity index (χ4v) is 4.49. The van der Waals surface area contributed by atoms with Gasteiger partial charge < -0.3 is 4.90 Å². The Bertz CT molecular complexity index is 1140. The van der Waals surface area contributed by atoms with Gasteiger partial charge >= 0.3 is 6.18 Å². The van der Waals surface area contributed by atoms with Gasteiger partial charge in [0.15, 0.2) is 5.82 Å². The molecule has 0 radical (unpaired) electrons. The molecule has 1 fully saturated rings. The first-order valence-electron chi connectivity index (χ1n) is 11.1. The number of aromatic nitrogens is 3. The normalized spacial score (nSPS) is 18.7. The molecule has 5 nitrogen and oxygen atoms in total. The lowest BCUT2D eigenvalue weighted by Crippen LogP contribution is -2.48. The number of benzene rings is 1. The molecule has 3 aromatic rings. The zero-order valence-corrected chi connectivity index (χ0v) is 18.6. The number of hydrogen-bond donors (Lipinski definition) is 0. The Balaban J connectivity index is 1.57. The van der Waals surface area contributed by atoms with E-state index in [0.29, 0.717) is 25.1 Å². The lowest BCUT2D eigenvalue weighted by Gasteiger charge is -2.40. The van der Waals surface area contributed by atoms with Gasteiger partial charge in [0.05, 0.1) is 16.7 Å². The van der Waals surface area contributed by atoms with E-state index in [-0.39, 0.29) is 34.8 Å². The predicted molar refractivity (Wildman–Crippen MR) is 118 cm³/mol. The highest BCUT2D eigenvalue weighted by Crippen LogP contribution is 2.32. The second-order valence-corrected chi connectivity index (χ2v) is 8.49. The highest BCUT2D eigenvalue weighted by Gasteiger charge is 2.34. The molecule has 0 spiro atoms. The van der Waals surface area contributed by atoms with Crippen LogP contribution in [-0.4, -0.2) is 38.3 Å². The van der Waals surface area contributed by atoms with Crippen LogP contribution in [0.15, 0.2) is 55.0 Å². The average molecular weight is 472 g/mol. The molecule has 2 atom stereocenters. The Morgan fingerprint density at radius 2 is 1.85 bits per heavy atom. The molecule has 0 N–H and O–H groups in total. The number of piperidine rings is 1. The highest BCUT2D eigenvalue weighted by atomic mass is 19.4. The summed E-state index contributed by atoms with van der Waals surface area (Å²) in [5.41, 5.74) is -0.00408. The van der Waals surface area contributed by atoms with Gasteiger partial charge in [0.25, 0.3) is 5.91 Å². The maximum absolute atomic E-state index is 14.8. The minimum Gasteiger partial charge on any atom is -0.335 e. The SMILES string of the molecule is C[C@@H]1CCCN(C(=O)c2cccc(F)c2-c2ncccn2)[C@@H]1CCc1ccc(C(F)(F)F)cn1. The number of pyridine rings is 1. The summed E-state index contributed by atoms with van der Waals surface area (Å²) in [6.45, 7) is 2.57. The number of aryl methyl sites for hydroxylation is 1. The fourth-order valence-electron chi connectivity index (χ4n) is 4.49. The van der Waals surface area contributed by atoms with E-state index in [2.05, 4.69) is 21.9 Å². The zero-order chi connectivity index (χ0) is 24.3. The van der Waals surface area contributed by atoms with Crippen LogP contribution in [-0.2, 0) is 12.6 Å². The Hall–Kier alpha value is -3.36. The van der Waals surface area contributed by atoms with E-state index in [0.717, 1.165) is 25.1 Å². The number of hydrogen-bond acceptors (Lipinski definition) is 4. The fraction of sp³-hybridized carbons (Fsp3) is 0.360. The Morgan fingerprint density at radius 3 is 2.53 bits per heavy atom. The van der Waals surface area contributed by atoms with Gasteiger partial charge in [-0.05, 0) is 61.9 Å². The standard InChI is InChI=1S/C25H24F4N4O/c1-16-5-3-14-33(21(16)11-10-18-9-8-17(15-32-18)25(27,28)29)24(34)19-6-2-7-20(26)22(19)23-30-12-4-13-31-23/h2,4,6-9,12-13,15-16,21H,3,5,10-11,14H2,1H3/t16-,21-/m1/s1. The monoisotopic (exact) mass is 472 g/mol. The lowest BCUT2D eigenvalue weighted by molar-refractivity contribution is -0.137. The van der Waals surface area contributed by atoms with Crippen LogP contribution in [0.4, 0.5) is 17.6 Å². The van der Waals surface area contributed by atoms with Gasteiger partial charge in [-0.1, -0.05) is 13.0 Å². The summed E-state index contributed by atoms with van der Waals surface area (Å²) in [5.74, 6) is -0.567. The third-order valence-electron chi connectivity index (χ3n) is 6.26. The summed E-state index contributed by atoms with van der Waals surface area (Å²) >= 11 is 0. The topological polar surface area (TPSA) is 59.0 Å². The molecule has 1 aromatic carbocycles. The number of amides is 1. The first-order valence-corrected chi connectivity index (χ1v) is 11.1. The molecule has 2 aromatic heterocycles. The molecular weight excluding hydrogens is 448 g/mol. The van der Waals surface area contributed by atoms with Crippen LogP contribution in [0.3, 0.4) is 0 Å². The van der Waals surface area contributed by atoms with Gasteiger partial charge in [0, 0.05) is 36.9 Å². The molecule has 4 rings (SSSR count). The van der Waals surface area contributed by atoms with Crippen molar-refractivity contribution in [1.82, 2.24) is 19.9 Å². The minimum atomic E-state index is -4.43. The maximum atomic E-state index is 14.8. The third-order valence-corrected chi connectivity index (χ3v) is 6.26. The van der Waals surface area contributed by atoms with Crippen molar-refractivity contribution >= 4 is 5.91 Å². The maximum Gasteiger partial charge on any atom is 0.417 e. The molecule has 1 aliphatic heterocycles. The largest absolute Gasteiger partial charge is 0.417 e. The minimum absolute atomic E-state index is 0.0643. The Kier molecular flexibility index (Phi) is 6.90. The summed E-state index contributed by atoms with van der Waals surface area (Å²) in [6.07, 6.45) is 2.09. The van der Waals surface area contributed by atoms with Crippen LogP contribution in [0.25, 0.3) is 11.4 Å². The van der Waals surface area contributed by atoms with Crippen LogP contribution in [0.2, 0.25) is 0 Å². The van der Waals surface area contributed by atoms with Crippen molar-refractivity contribution in [2.24, 2.45) is 5.92 Å². The van der Waals surface area contributed by atoms with E-state index in [1.54, 1.807) is 17.0 Å². The number of halogens is 4. The number of nitrogens with zero attached hydrogens (tertiary/aromatic N) is 4. The Labute approximate surface area is 194 Å². The molecule has 1 amide bonds. The average Bonchev–Trinajstić information content (AvgIpc) is 2.83. The van der Waals surface area contributed by atoms with Crippen molar-refractivity contribution in [3.63, 3.8) is 0 Å². The van der Waals surface area contributed by atoms with Crippen LogP contribution in [0, 0.1) is 11.7 Å². The molecule has 1 aliphatic rings. The molecular formula is C25H24F4N4O. The van der Waals surface area contributed by atoms with Crippen molar-refractivity contribution in [3.8, 4) is 11.4 Å². The van der Waals surface area contributed by atoms with Gasteiger partial charge in [-0.2, -0.15) is 13.2 Å². The number of carbonyl (C=O) groups excluding carboxylic acids is 1.